The molecule has 4 atom stereocenters. The second-order valence-electron chi connectivity index (χ2n) is 17.2. The van der Waals surface area contributed by atoms with E-state index in [1.165, 1.54) is 11.2 Å². The monoisotopic (exact) mass is 750 g/mol. The van der Waals surface area contributed by atoms with Gasteiger partial charge in [-0.3, -0.25) is 4.57 Å². The first-order chi connectivity index (χ1) is 23.4. The predicted molar refractivity (Wildman–Crippen MR) is 204 cm³/mol. The Morgan fingerprint density at radius 1 is 1.06 bits per heavy atom. The molecule has 1 saturated heterocycles. The number of aromatic nitrogens is 4. The normalized spacial score (nSPS) is 20.4. The Bertz CT molecular complexity index is 1530. The van der Waals surface area contributed by atoms with E-state index in [4.69, 9.17) is 34.6 Å². The zero-order chi connectivity index (χ0) is 38.6. The first-order valence-corrected chi connectivity index (χ1v) is 23.6. The Morgan fingerprint density at radius 3 is 2.22 bits per heavy atom. The Balaban J connectivity index is 2.25. The Morgan fingerprint density at radius 2 is 1.67 bits per heavy atom. The van der Waals surface area contributed by atoms with Crippen molar-refractivity contribution in [3.05, 3.63) is 16.8 Å². The predicted octanol–water partition coefficient (Wildman–Crippen LogP) is 6.82. The number of amides is 1. The third-order valence-corrected chi connectivity index (χ3v) is 18.9. The Kier molecular flexibility index (Phi) is 13.6. The summed E-state index contributed by atoms with van der Waals surface area (Å²) in [6.45, 7) is 28.0. The van der Waals surface area contributed by atoms with E-state index in [9.17, 15) is 9.90 Å². The number of hydrogen-bond donors (Lipinski definition) is 3. The zero-order valence-corrected chi connectivity index (χ0v) is 35.0. The van der Waals surface area contributed by atoms with Gasteiger partial charge in [0.25, 0.3) is 0 Å². The fourth-order valence-corrected chi connectivity index (χ4v) is 7.73. The van der Waals surface area contributed by atoms with E-state index in [1.54, 1.807) is 20.8 Å². The van der Waals surface area contributed by atoms with Crippen molar-refractivity contribution < 1.29 is 28.2 Å². The Labute approximate surface area is 305 Å². The molecule has 2 aromatic heterocycles. The quantitative estimate of drug-likeness (QED) is 0.0566. The fourth-order valence-electron chi connectivity index (χ4n) is 5.13. The number of nitrogens with two attached hydrogens (primary N) is 1. The smallest absolute Gasteiger partial charge is 0.410 e. The average Bonchev–Trinajstić information content (AvgIpc) is 3.50. The zero-order valence-electron chi connectivity index (χ0n) is 33.0. The van der Waals surface area contributed by atoms with Gasteiger partial charge in [-0.2, -0.15) is 0 Å². The van der Waals surface area contributed by atoms with Crippen LogP contribution in [0, 0.1) is 0 Å². The number of nitrogen functional groups attached to an aromatic ring is 1. The van der Waals surface area contributed by atoms with E-state index in [2.05, 4.69) is 93.0 Å². The first-order valence-electron chi connectivity index (χ1n) is 17.8. The van der Waals surface area contributed by atoms with Gasteiger partial charge in [0.05, 0.1) is 13.2 Å². The van der Waals surface area contributed by atoms with Gasteiger partial charge in [0.1, 0.15) is 30.2 Å². The molecule has 288 valence electrons. The Hall–Kier alpha value is -3.00. The van der Waals surface area contributed by atoms with Crippen LogP contribution in [0.15, 0.2) is 11.4 Å². The lowest BCUT2D eigenvalue weighted by molar-refractivity contribution is -0.0457. The lowest BCUT2D eigenvalue weighted by Gasteiger charge is -2.44. The summed E-state index contributed by atoms with van der Waals surface area (Å²) in [6, 6.07) is 0. The van der Waals surface area contributed by atoms with E-state index >= 15 is 0 Å². The number of nitrogens with one attached hydrogen (secondary N) is 1. The minimum atomic E-state index is -2.51. The number of rotatable bonds is 15. The molecule has 1 aliphatic heterocycles. The molecule has 18 heteroatoms. The number of carbonyl (C=O) groups is 1. The molecule has 0 aromatic carbocycles. The lowest BCUT2D eigenvalue weighted by Crippen LogP contribution is -2.55. The van der Waals surface area contributed by atoms with Crippen molar-refractivity contribution in [3.8, 4) is 0 Å². The highest BCUT2D eigenvalue weighted by atomic mass is 28.4. The van der Waals surface area contributed by atoms with Gasteiger partial charge in [-0.1, -0.05) is 46.7 Å². The van der Waals surface area contributed by atoms with Crippen molar-refractivity contribution >= 4 is 45.7 Å². The van der Waals surface area contributed by atoms with Gasteiger partial charge in [-0.15, -0.1) is 0 Å². The number of hydrogen-bond acceptors (Lipinski definition) is 12. The van der Waals surface area contributed by atoms with Crippen molar-refractivity contribution in [2.75, 3.05) is 43.8 Å². The van der Waals surface area contributed by atoms with Gasteiger partial charge in [-0.25, -0.2) is 19.7 Å². The number of unbranched alkanes of at least 4 members (excludes halogenated alkanes) is 1. The summed E-state index contributed by atoms with van der Waals surface area (Å²) < 4.78 is 29.2. The third kappa shape index (κ3) is 10.5. The molecule has 1 amide bonds. The molecule has 4 N–H and O–H groups in total. The minimum Gasteiger partial charge on any atom is -0.444 e. The highest BCUT2D eigenvalue weighted by molar-refractivity contribution is 6.74. The molecule has 0 spiro atoms. The molecule has 1 aliphatic rings. The van der Waals surface area contributed by atoms with Gasteiger partial charge >= 0.3 is 6.09 Å². The molecule has 1 fully saturated rings. The number of carbonyl (C=O) groups excluding carboxylic acids is 1. The molecular formula is C33H62N10O6Si2. The summed E-state index contributed by atoms with van der Waals surface area (Å²) in [5, 5.41) is 16.8. The lowest BCUT2D eigenvalue weighted by atomic mass is 10.1. The molecule has 1 unspecified atom stereocenters. The molecule has 0 bridgehead atoms. The van der Waals surface area contributed by atoms with Crippen LogP contribution < -0.4 is 11.1 Å². The number of imidazole rings is 1. The van der Waals surface area contributed by atoms with E-state index in [1.807, 2.05) is 4.57 Å². The summed E-state index contributed by atoms with van der Waals surface area (Å²) in [6.07, 6.45) is -0.541. The molecule has 2 aromatic rings. The van der Waals surface area contributed by atoms with Crippen molar-refractivity contribution in [3.63, 3.8) is 0 Å². The third-order valence-electron chi connectivity index (χ3n) is 9.97. The SMILES string of the molecule is CC(C)(C)OC(=O)N(CCO)C[C@H]1O[C@@H](n2c(NCCCCN=[N+]=[N-])nc3c(N)ncnc32)C(O[Si](C)(C)C(C)(C)C)[C@@H]1O[Si](C)(C)C(C)(C)C. The first kappa shape index (κ1) is 42.4. The summed E-state index contributed by atoms with van der Waals surface area (Å²) in [4.78, 5) is 31.5. The molecule has 0 aliphatic carbocycles. The standard InChI is InChI=1S/C33H62N10O6Si2/c1-31(2,3)47-30(45)42(18-19-44)20-22-24(48-50(10,11)32(4,5)6)25(49-51(12,13)33(7,8)9)28(46-22)43-27-23(26(34)37-21-38-27)40-29(43)36-16-14-15-17-39-41-35/h21-22,24-25,28,44H,14-20H2,1-13H3,(H,36,40)(H2,34,37,38)/t22-,24-,25?,28-/m1/s1. The van der Waals surface area contributed by atoms with Crippen molar-refractivity contribution in [1.82, 2.24) is 24.4 Å². The van der Waals surface area contributed by atoms with Crippen LogP contribution in [0.25, 0.3) is 21.6 Å². The number of azide groups is 1. The van der Waals surface area contributed by atoms with E-state index in [0.717, 1.165) is 0 Å². The fraction of sp³-hybridized carbons (Fsp3) is 0.818. The van der Waals surface area contributed by atoms with E-state index in [-0.39, 0.29) is 35.6 Å². The maximum absolute atomic E-state index is 13.5. The number of aliphatic hydroxyl groups is 1. The van der Waals surface area contributed by atoms with Gasteiger partial charge in [-0.05, 0) is 75.4 Å². The number of nitrogens with zero attached hydrogens (tertiary/aromatic N) is 8. The maximum Gasteiger partial charge on any atom is 0.410 e. The number of aliphatic hydroxyl groups excluding tert-OH is 1. The van der Waals surface area contributed by atoms with Crippen LogP contribution in [-0.2, 0) is 18.3 Å². The highest BCUT2D eigenvalue weighted by Crippen LogP contribution is 2.47. The number of ether oxygens (including phenoxy) is 2. The molecule has 51 heavy (non-hydrogen) atoms. The maximum atomic E-state index is 13.5. The summed E-state index contributed by atoms with van der Waals surface area (Å²) in [5.41, 5.74) is 15.1. The van der Waals surface area contributed by atoms with Crippen LogP contribution in [0.4, 0.5) is 16.6 Å². The molecule has 16 nitrogen and oxygen atoms in total. The van der Waals surface area contributed by atoms with Crippen molar-refractivity contribution in [2.45, 2.75) is 142 Å². The molecular weight excluding hydrogens is 689 g/mol. The van der Waals surface area contributed by atoms with Gasteiger partial charge in [0.2, 0.25) is 5.95 Å². The van der Waals surface area contributed by atoms with E-state index < -0.39 is 52.9 Å². The second-order valence-corrected chi connectivity index (χ2v) is 26.7. The highest BCUT2D eigenvalue weighted by Gasteiger charge is 2.55. The molecule has 3 heterocycles. The number of fused-ring (bicyclic) bond motifs is 1. The van der Waals surface area contributed by atoms with Crippen LogP contribution >= 0.6 is 0 Å². The van der Waals surface area contributed by atoms with Gasteiger partial charge in [0, 0.05) is 24.5 Å². The second kappa shape index (κ2) is 16.3. The van der Waals surface area contributed by atoms with Crippen LogP contribution in [-0.4, -0.2) is 109 Å². The molecule has 3 rings (SSSR count). The van der Waals surface area contributed by atoms with Gasteiger partial charge in [0.15, 0.2) is 39.8 Å². The largest absolute Gasteiger partial charge is 0.444 e. The van der Waals surface area contributed by atoms with Gasteiger partial charge < -0.3 is 39.4 Å². The van der Waals surface area contributed by atoms with Crippen molar-refractivity contribution in [1.29, 1.82) is 0 Å². The van der Waals surface area contributed by atoms with Crippen LogP contribution in [0.1, 0.15) is 81.4 Å². The topological polar surface area (TPSA) is 208 Å². The van der Waals surface area contributed by atoms with Crippen LogP contribution in [0.5, 0.6) is 0 Å². The molecule has 0 saturated carbocycles. The van der Waals surface area contributed by atoms with Crippen LogP contribution in [0.2, 0.25) is 36.3 Å². The summed E-state index contributed by atoms with van der Waals surface area (Å²) >= 11 is 0. The summed E-state index contributed by atoms with van der Waals surface area (Å²) in [7, 11) is -4.99. The minimum absolute atomic E-state index is 0.0421. The summed E-state index contributed by atoms with van der Waals surface area (Å²) in [5.74, 6) is 0.676. The van der Waals surface area contributed by atoms with E-state index in [0.29, 0.717) is 43.0 Å². The average molecular weight is 751 g/mol. The molecule has 0 radical (unpaired) electrons. The number of anilines is 2. The van der Waals surface area contributed by atoms with Crippen LogP contribution in [0.3, 0.4) is 0 Å². The van der Waals surface area contributed by atoms with Crippen molar-refractivity contribution in [2.24, 2.45) is 5.11 Å².